The highest BCUT2D eigenvalue weighted by molar-refractivity contribution is 5.68. The van der Waals surface area contributed by atoms with Crippen molar-refractivity contribution < 1.29 is 9.53 Å². The van der Waals surface area contributed by atoms with Gasteiger partial charge < -0.3 is 26.0 Å². The Morgan fingerprint density at radius 2 is 1.85 bits per heavy atom. The van der Waals surface area contributed by atoms with Gasteiger partial charge >= 0.3 is 6.09 Å². The molecule has 0 aromatic carbocycles. The van der Waals surface area contributed by atoms with Gasteiger partial charge in [-0.3, -0.25) is 0 Å². The van der Waals surface area contributed by atoms with Crippen LogP contribution in [0.25, 0.3) is 0 Å². The van der Waals surface area contributed by atoms with Gasteiger partial charge in [-0.25, -0.2) is 9.78 Å². The molecule has 1 fully saturated rings. The smallest absolute Gasteiger partial charge is 0.410 e. The summed E-state index contributed by atoms with van der Waals surface area (Å²) in [6.07, 6.45) is 2.98. The number of rotatable bonds is 3. The van der Waals surface area contributed by atoms with Crippen molar-refractivity contribution in [2.45, 2.75) is 71.6 Å². The second-order valence-corrected chi connectivity index (χ2v) is 8.76. The van der Waals surface area contributed by atoms with Crippen LogP contribution in [0.4, 0.5) is 22.2 Å². The number of piperidine rings is 1. The molecule has 0 bridgehead atoms. The molecule has 1 amide bonds. The summed E-state index contributed by atoms with van der Waals surface area (Å²) in [6.45, 7) is 13.1. The molecule has 0 spiro atoms. The zero-order valence-corrected chi connectivity index (χ0v) is 16.7. The van der Waals surface area contributed by atoms with Crippen molar-refractivity contribution in [1.82, 2.24) is 14.9 Å². The number of nitrogens with zero attached hydrogens (tertiary/aromatic N) is 3. The number of nitrogens with two attached hydrogens (primary N) is 1. The van der Waals surface area contributed by atoms with Crippen LogP contribution in [0.5, 0.6) is 0 Å². The third-order valence-electron chi connectivity index (χ3n) is 3.79. The van der Waals surface area contributed by atoms with Gasteiger partial charge in [0.15, 0.2) is 5.82 Å². The molecule has 8 heteroatoms. The molecular formula is C18H32N6O2. The molecule has 0 saturated carbocycles. The molecule has 0 aliphatic carbocycles. The number of ether oxygens (including phenoxy) is 1. The molecule has 0 atom stereocenters. The van der Waals surface area contributed by atoms with Crippen LogP contribution in [0, 0.1) is 0 Å². The van der Waals surface area contributed by atoms with Gasteiger partial charge in [0.2, 0.25) is 5.95 Å². The van der Waals surface area contributed by atoms with E-state index >= 15 is 0 Å². The van der Waals surface area contributed by atoms with Crippen molar-refractivity contribution in [3.8, 4) is 0 Å². The minimum absolute atomic E-state index is 0.133. The first-order valence-electron chi connectivity index (χ1n) is 9.08. The summed E-state index contributed by atoms with van der Waals surface area (Å²) in [6, 6.07) is 0.202. The van der Waals surface area contributed by atoms with Gasteiger partial charge in [-0.1, -0.05) is 0 Å². The van der Waals surface area contributed by atoms with Gasteiger partial charge in [0.1, 0.15) is 5.60 Å². The zero-order chi connectivity index (χ0) is 19.5. The zero-order valence-electron chi connectivity index (χ0n) is 16.7. The van der Waals surface area contributed by atoms with E-state index in [0.29, 0.717) is 30.5 Å². The fraction of sp³-hybridized carbons (Fsp3) is 0.722. The Hall–Kier alpha value is -2.25. The number of likely N-dealkylation sites (tertiary alicyclic amines) is 1. The van der Waals surface area contributed by atoms with E-state index in [1.165, 1.54) is 0 Å². The number of nitrogen functional groups attached to an aromatic ring is 1. The van der Waals surface area contributed by atoms with Gasteiger partial charge in [0.25, 0.3) is 0 Å². The van der Waals surface area contributed by atoms with Crippen LogP contribution in [-0.4, -0.2) is 51.2 Å². The Labute approximate surface area is 155 Å². The second kappa shape index (κ2) is 7.55. The van der Waals surface area contributed by atoms with Gasteiger partial charge in [-0.2, -0.15) is 4.98 Å². The van der Waals surface area contributed by atoms with Crippen LogP contribution in [0.15, 0.2) is 6.20 Å². The fourth-order valence-electron chi connectivity index (χ4n) is 2.63. The number of carbonyl (C=O) groups is 1. The summed E-state index contributed by atoms with van der Waals surface area (Å²) in [5, 5.41) is 6.63. The molecule has 1 aliphatic rings. The summed E-state index contributed by atoms with van der Waals surface area (Å²) in [5.41, 5.74) is 5.92. The van der Waals surface area contributed by atoms with Crippen molar-refractivity contribution in [3.63, 3.8) is 0 Å². The summed E-state index contributed by atoms with van der Waals surface area (Å²) < 4.78 is 5.43. The highest BCUT2D eigenvalue weighted by Gasteiger charge is 2.27. The van der Waals surface area contributed by atoms with Crippen LogP contribution in [-0.2, 0) is 4.74 Å². The van der Waals surface area contributed by atoms with Crippen molar-refractivity contribution >= 4 is 23.5 Å². The van der Waals surface area contributed by atoms with Gasteiger partial charge in [-0.05, 0) is 54.4 Å². The fourth-order valence-corrected chi connectivity index (χ4v) is 2.63. The standard InChI is InChI=1S/C18H32N6O2/c1-17(2,3)23-15-20-11-13(19)14(22-15)21-12-7-9-24(10-8-12)16(25)26-18(4,5)6/h11-12H,7-10,19H2,1-6H3,(H2,20,21,22,23). The van der Waals surface area contributed by atoms with Crippen LogP contribution in [0.1, 0.15) is 54.4 Å². The topological polar surface area (TPSA) is 105 Å². The summed E-state index contributed by atoms with van der Waals surface area (Å²) in [7, 11) is 0. The van der Waals surface area contributed by atoms with E-state index in [-0.39, 0.29) is 17.7 Å². The maximum Gasteiger partial charge on any atom is 0.410 e. The Morgan fingerprint density at radius 3 is 2.38 bits per heavy atom. The van der Waals surface area contributed by atoms with E-state index in [0.717, 1.165) is 12.8 Å². The number of carbonyl (C=O) groups excluding carboxylic acids is 1. The molecule has 0 radical (unpaired) electrons. The van der Waals surface area contributed by atoms with Crippen LogP contribution in [0.3, 0.4) is 0 Å². The van der Waals surface area contributed by atoms with Crippen LogP contribution >= 0.6 is 0 Å². The minimum atomic E-state index is -0.474. The molecule has 1 saturated heterocycles. The van der Waals surface area contributed by atoms with Crippen LogP contribution in [0.2, 0.25) is 0 Å². The Bertz CT molecular complexity index is 628. The highest BCUT2D eigenvalue weighted by atomic mass is 16.6. The normalized spacial score (nSPS) is 16.3. The number of hydrogen-bond donors (Lipinski definition) is 3. The van der Waals surface area contributed by atoms with E-state index in [1.54, 1.807) is 11.1 Å². The molecule has 26 heavy (non-hydrogen) atoms. The predicted molar refractivity (Wildman–Crippen MR) is 104 cm³/mol. The lowest BCUT2D eigenvalue weighted by Crippen LogP contribution is -2.44. The maximum absolute atomic E-state index is 12.1. The quantitative estimate of drug-likeness (QED) is 0.757. The number of nitrogens with one attached hydrogen (secondary N) is 2. The summed E-state index contributed by atoms with van der Waals surface area (Å²) in [5.74, 6) is 1.17. The monoisotopic (exact) mass is 364 g/mol. The minimum Gasteiger partial charge on any atom is -0.444 e. The van der Waals surface area contributed by atoms with Gasteiger partial charge in [0, 0.05) is 24.7 Å². The molecule has 1 aromatic heterocycles. The third-order valence-corrected chi connectivity index (χ3v) is 3.79. The first-order chi connectivity index (χ1) is 11.9. The molecule has 1 aromatic rings. The molecule has 146 valence electrons. The molecule has 2 rings (SSSR count). The number of hydrogen-bond acceptors (Lipinski definition) is 7. The van der Waals surface area contributed by atoms with Crippen molar-refractivity contribution in [1.29, 1.82) is 0 Å². The first-order valence-corrected chi connectivity index (χ1v) is 9.08. The lowest BCUT2D eigenvalue weighted by molar-refractivity contribution is 0.0210. The van der Waals surface area contributed by atoms with E-state index in [4.69, 9.17) is 10.5 Å². The average molecular weight is 364 g/mol. The van der Waals surface area contributed by atoms with E-state index in [2.05, 4.69) is 20.6 Å². The molecule has 4 N–H and O–H groups in total. The number of anilines is 3. The first kappa shape index (κ1) is 20.1. The molecule has 2 heterocycles. The van der Waals surface area contributed by atoms with Crippen molar-refractivity contribution in [2.24, 2.45) is 0 Å². The lowest BCUT2D eigenvalue weighted by Gasteiger charge is -2.34. The predicted octanol–water partition coefficient (Wildman–Crippen LogP) is 3.08. The molecule has 8 nitrogen and oxygen atoms in total. The van der Waals surface area contributed by atoms with Crippen LogP contribution < -0.4 is 16.4 Å². The second-order valence-electron chi connectivity index (χ2n) is 8.76. The number of aromatic nitrogens is 2. The number of amides is 1. The van der Waals surface area contributed by atoms with E-state index < -0.39 is 5.60 Å². The highest BCUT2D eigenvalue weighted by Crippen LogP contribution is 2.22. The Kier molecular flexibility index (Phi) is 5.83. The Balaban J connectivity index is 1.93. The van der Waals surface area contributed by atoms with Gasteiger partial charge in [0.05, 0.1) is 11.9 Å². The SMILES string of the molecule is CC(C)(C)Nc1ncc(N)c(NC2CCN(C(=O)OC(C)(C)C)CC2)n1. The summed E-state index contributed by atoms with van der Waals surface area (Å²) >= 11 is 0. The maximum atomic E-state index is 12.1. The molecule has 0 unspecified atom stereocenters. The lowest BCUT2D eigenvalue weighted by atomic mass is 10.1. The Morgan fingerprint density at radius 1 is 1.23 bits per heavy atom. The third kappa shape index (κ3) is 6.24. The molecule has 1 aliphatic heterocycles. The van der Waals surface area contributed by atoms with Gasteiger partial charge in [-0.15, -0.1) is 0 Å². The largest absolute Gasteiger partial charge is 0.444 e. The van der Waals surface area contributed by atoms with E-state index in [1.807, 2.05) is 41.5 Å². The average Bonchev–Trinajstić information content (AvgIpc) is 2.48. The summed E-state index contributed by atoms with van der Waals surface area (Å²) in [4.78, 5) is 22.6. The molecular weight excluding hydrogens is 332 g/mol. The van der Waals surface area contributed by atoms with E-state index in [9.17, 15) is 4.79 Å². The van der Waals surface area contributed by atoms with Crippen molar-refractivity contribution in [2.75, 3.05) is 29.5 Å². The van der Waals surface area contributed by atoms with Crippen molar-refractivity contribution in [3.05, 3.63) is 6.20 Å².